The molecule has 0 bridgehead atoms. The monoisotopic (exact) mass is 409 g/mol. The predicted octanol–water partition coefficient (Wildman–Crippen LogP) is 2.34. The molecule has 1 aliphatic rings. The quantitative estimate of drug-likeness (QED) is 0.734. The molecule has 1 atom stereocenters. The normalized spacial score (nSPS) is 18.6. The number of rotatable bonds is 5. The number of likely N-dealkylation sites (N-methyl/N-ethyl adjacent to an activating group) is 1. The lowest BCUT2D eigenvalue weighted by atomic mass is 10.2. The molecule has 4 nitrogen and oxygen atoms in total. The van der Waals surface area contributed by atoms with Crippen molar-refractivity contribution in [3.8, 4) is 0 Å². The minimum absolute atomic E-state index is 0. The Bertz CT molecular complexity index is 444. The van der Waals surface area contributed by atoms with Crippen LogP contribution in [0.15, 0.2) is 24.3 Å². The maximum atomic E-state index is 12.1. The number of hydrogen-bond acceptors (Lipinski definition) is 3. The van der Waals surface area contributed by atoms with Gasteiger partial charge >= 0.3 is 0 Å². The third-order valence-electron chi connectivity index (χ3n) is 3.43. The number of carbonyl (C=O) groups is 1. The molecule has 0 radical (unpaired) electrons. The molecule has 1 fully saturated rings. The van der Waals surface area contributed by atoms with Gasteiger partial charge in [-0.05, 0) is 61.2 Å². The summed E-state index contributed by atoms with van der Waals surface area (Å²) in [7, 11) is 1.96. The largest absolute Gasteiger partial charge is 0.324 e. The number of benzene rings is 1. The van der Waals surface area contributed by atoms with E-state index < -0.39 is 0 Å². The van der Waals surface area contributed by atoms with Crippen molar-refractivity contribution in [1.82, 2.24) is 10.2 Å². The van der Waals surface area contributed by atoms with Crippen molar-refractivity contribution in [1.29, 1.82) is 0 Å². The Morgan fingerprint density at radius 1 is 1.45 bits per heavy atom. The maximum Gasteiger partial charge on any atom is 0.238 e. The summed E-state index contributed by atoms with van der Waals surface area (Å²) < 4.78 is 1.07. The summed E-state index contributed by atoms with van der Waals surface area (Å²) in [5.74, 6) is 0.0760. The fraction of sp³-hybridized carbons (Fsp3) is 0.500. The van der Waals surface area contributed by atoms with Gasteiger partial charge in [0.1, 0.15) is 0 Å². The van der Waals surface area contributed by atoms with Crippen molar-refractivity contribution in [2.24, 2.45) is 0 Å². The van der Waals surface area contributed by atoms with Gasteiger partial charge in [0.15, 0.2) is 0 Å². The Morgan fingerprint density at radius 3 is 2.90 bits per heavy atom. The molecule has 1 aliphatic heterocycles. The molecule has 0 saturated carbocycles. The zero-order valence-corrected chi connectivity index (χ0v) is 14.5. The molecule has 0 spiro atoms. The molecule has 1 saturated heterocycles. The Labute approximate surface area is 140 Å². The topological polar surface area (TPSA) is 44.4 Å². The van der Waals surface area contributed by atoms with Crippen molar-refractivity contribution in [3.05, 3.63) is 27.8 Å². The van der Waals surface area contributed by atoms with Crippen molar-refractivity contribution >= 4 is 46.6 Å². The van der Waals surface area contributed by atoms with Crippen LogP contribution in [0.2, 0.25) is 0 Å². The Hall–Kier alpha value is -0.370. The van der Waals surface area contributed by atoms with Crippen LogP contribution < -0.4 is 10.6 Å². The second kappa shape index (κ2) is 8.81. The third kappa shape index (κ3) is 4.87. The lowest BCUT2D eigenvalue weighted by molar-refractivity contribution is -0.117. The minimum Gasteiger partial charge on any atom is -0.324 e. The second-order valence-electron chi connectivity index (χ2n) is 4.85. The number of carbonyl (C=O) groups excluding carboxylic acids is 1. The van der Waals surface area contributed by atoms with E-state index in [9.17, 15) is 4.79 Å². The van der Waals surface area contributed by atoms with Crippen LogP contribution >= 0.6 is 35.0 Å². The standard InChI is InChI=1S/C14H20IN3O.ClH/c1-16-9-11-5-4-8-18(11)10-14(19)17-13-7-3-2-6-12(13)15;/h2-3,6-7,11,16H,4-5,8-10H2,1H3,(H,17,19);1H. The van der Waals surface area contributed by atoms with Crippen LogP contribution in [0.5, 0.6) is 0 Å². The first-order valence-corrected chi connectivity index (χ1v) is 7.71. The van der Waals surface area contributed by atoms with E-state index in [2.05, 4.69) is 38.1 Å². The third-order valence-corrected chi connectivity index (χ3v) is 4.37. The van der Waals surface area contributed by atoms with Gasteiger partial charge in [-0.25, -0.2) is 0 Å². The molecule has 1 aromatic carbocycles. The predicted molar refractivity (Wildman–Crippen MR) is 93.6 cm³/mol. The second-order valence-corrected chi connectivity index (χ2v) is 6.01. The Balaban J connectivity index is 0.00000200. The van der Waals surface area contributed by atoms with E-state index >= 15 is 0 Å². The lowest BCUT2D eigenvalue weighted by Gasteiger charge is -2.23. The summed E-state index contributed by atoms with van der Waals surface area (Å²) >= 11 is 2.24. The van der Waals surface area contributed by atoms with Crippen LogP contribution in [0.1, 0.15) is 12.8 Å². The van der Waals surface area contributed by atoms with E-state index in [0.29, 0.717) is 12.6 Å². The van der Waals surface area contributed by atoms with Crippen LogP contribution in [0.3, 0.4) is 0 Å². The number of hydrogen-bond donors (Lipinski definition) is 2. The summed E-state index contributed by atoms with van der Waals surface area (Å²) in [5.41, 5.74) is 0.900. The number of nitrogens with one attached hydrogen (secondary N) is 2. The van der Waals surface area contributed by atoms with E-state index in [0.717, 1.165) is 22.3 Å². The highest BCUT2D eigenvalue weighted by Crippen LogP contribution is 2.19. The van der Waals surface area contributed by atoms with Gasteiger partial charge < -0.3 is 10.6 Å². The Morgan fingerprint density at radius 2 is 2.20 bits per heavy atom. The van der Waals surface area contributed by atoms with Gasteiger partial charge in [0.25, 0.3) is 0 Å². The minimum atomic E-state index is 0. The van der Waals surface area contributed by atoms with Gasteiger partial charge in [0, 0.05) is 16.2 Å². The number of para-hydroxylation sites is 1. The van der Waals surface area contributed by atoms with Gasteiger partial charge in [-0.3, -0.25) is 9.69 Å². The average molecular weight is 410 g/mol. The summed E-state index contributed by atoms with van der Waals surface area (Å²) in [6, 6.07) is 8.34. The SMILES string of the molecule is CNCC1CCCN1CC(=O)Nc1ccccc1I.Cl. The molecule has 1 aromatic rings. The summed E-state index contributed by atoms with van der Waals surface area (Å²) in [5, 5.41) is 6.19. The van der Waals surface area contributed by atoms with Gasteiger partial charge in [0.05, 0.1) is 12.2 Å². The first-order chi connectivity index (χ1) is 9.20. The van der Waals surface area contributed by atoms with Crippen molar-refractivity contribution in [2.75, 3.05) is 32.0 Å². The fourth-order valence-corrected chi connectivity index (χ4v) is 3.03. The smallest absolute Gasteiger partial charge is 0.238 e. The van der Waals surface area contributed by atoms with Crippen molar-refractivity contribution in [2.45, 2.75) is 18.9 Å². The van der Waals surface area contributed by atoms with Crippen LogP contribution in [-0.4, -0.2) is 43.5 Å². The number of nitrogens with zero attached hydrogens (tertiary/aromatic N) is 1. The van der Waals surface area contributed by atoms with Gasteiger partial charge in [-0.2, -0.15) is 0 Å². The zero-order valence-electron chi connectivity index (χ0n) is 11.6. The molecule has 0 aromatic heterocycles. The maximum absolute atomic E-state index is 12.1. The van der Waals surface area contributed by atoms with E-state index in [4.69, 9.17) is 0 Å². The molecular weight excluding hydrogens is 389 g/mol. The van der Waals surface area contributed by atoms with Crippen LogP contribution in [0.4, 0.5) is 5.69 Å². The fourth-order valence-electron chi connectivity index (χ4n) is 2.51. The van der Waals surface area contributed by atoms with Crippen molar-refractivity contribution < 1.29 is 4.79 Å². The molecule has 1 amide bonds. The lowest BCUT2D eigenvalue weighted by Crippen LogP contribution is -2.41. The van der Waals surface area contributed by atoms with Gasteiger partial charge in [-0.1, -0.05) is 12.1 Å². The van der Waals surface area contributed by atoms with Crippen LogP contribution in [0, 0.1) is 3.57 Å². The number of likely N-dealkylation sites (tertiary alicyclic amines) is 1. The number of amides is 1. The van der Waals surface area contributed by atoms with E-state index in [1.165, 1.54) is 12.8 Å². The van der Waals surface area contributed by atoms with Crippen LogP contribution in [-0.2, 0) is 4.79 Å². The first-order valence-electron chi connectivity index (χ1n) is 6.63. The average Bonchev–Trinajstić information content (AvgIpc) is 2.80. The summed E-state index contributed by atoms with van der Waals surface area (Å²) in [6.07, 6.45) is 2.36. The highest BCUT2D eigenvalue weighted by atomic mass is 127. The molecule has 20 heavy (non-hydrogen) atoms. The van der Waals surface area contributed by atoms with E-state index in [-0.39, 0.29) is 18.3 Å². The highest BCUT2D eigenvalue weighted by molar-refractivity contribution is 14.1. The molecule has 0 aliphatic carbocycles. The van der Waals surface area contributed by atoms with E-state index in [1.54, 1.807) is 0 Å². The molecule has 2 N–H and O–H groups in total. The van der Waals surface area contributed by atoms with E-state index in [1.807, 2.05) is 31.3 Å². The number of halogens is 2. The zero-order chi connectivity index (χ0) is 13.7. The van der Waals surface area contributed by atoms with Crippen LogP contribution in [0.25, 0.3) is 0 Å². The molecule has 2 rings (SSSR count). The van der Waals surface area contributed by atoms with Crippen molar-refractivity contribution in [3.63, 3.8) is 0 Å². The van der Waals surface area contributed by atoms with Gasteiger partial charge in [-0.15, -0.1) is 12.4 Å². The molecule has 1 unspecified atom stereocenters. The molecule has 6 heteroatoms. The highest BCUT2D eigenvalue weighted by Gasteiger charge is 2.25. The first kappa shape index (κ1) is 17.7. The van der Waals surface area contributed by atoms with Gasteiger partial charge in [0.2, 0.25) is 5.91 Å². The molecular formula is C14H21ClIN3O. The number of anilines is 1. The molecule has 1 heterocycles. The Kier molecular flexibility index (Phi) is 7.79. The molecule has 112 valence electrons. The summed E-state index contributed by atoms with van der Waals surface area (Å²) in [4.78, 5) is 14.4. The summed E-state index contributed by atoms with van der Waals surface area (Å²) in [6.45, 7) is 2.46.